The molecule has 96 valence electrons. The van der Waals surface area contributed by atoms with Crippen molar-refractivity contribution < 1.29 is 12.8 Å². The van der Waals surface area contributed by atoms with Gasteiger partial charge in [-0.15, -0.1) is 0 Å². The van der Waals surface area contributed by atoms with Crippen LogP contribution in [-0.4, -0.2) is 23.2 Å². The molecule has 5 nitrogen and oxygen atoms in total. The van der Waals surface area contributed by atoms with Gasteiger partial charge in [-0.05, 0) is 12.1 Å². The fourth-order valence-electron chi connectivity index (χ4n) is 1.51. The number of pyridine rings is 1. The van der Waals surface area contributed by atoms with Crippen LogP contribution in [0.4, 0.5) is 4.39 Å². The van der Waals surface area contributed by atoms with Crippen LogP contribution in [-0.2, 0) is 23.6 Å². The lowest BCUT2D eigenvalue weighted by atomic mass is 10.4. The Balaban J connectivity index is 2.65. The highest BCUT2D eigenvalue weighted by molar-refractivity contribution is 7.91. The summed E-state index contributed by atoms with van der Waals surface area (Å²) in [4.78, 5) is 3.35. The highest BCUT2D eigenvalue weighted by atomic mass is 35.5. The number of alkyl halides is 1. The maximum atomic E-state index is 12.8. The fraction of sp³-hybridized carbons (Fsp3) is 0.200. The van der Waals surface area contributed by atoms with Gasteiger partial charge < -0.3 is 0 Å². The van der Waals surface area contributed by atoms with Crippen molar-refractivity contribution in [2.24, 2.45) is 7.05 Å². The summed E-state index contributed by atoms with van der Waals surface area (Å²) in [5.74, 6) is 0. The van der Waals surface area contributed by atoms with Crippen LogP contribution < -0.4 is 0 Å². The van der Waals surface area contributed by atoms with E-state index < -0.39 is 16.5 Å². The van der Waals surface area contributed by atoms with Crippen molar-refractivity contribution in [2.45, 2.75) is 16.5 Å². The fourth-order valence-corrected chi connectivity index (χ4v) is 3.45. The van der Waals surface area contributed by atoms with Gasteiger partial charge in [-0.25, -0.2) is 12.8 Å². The van der Waals surface area contributed by atoms with Gasteiger partial charge in [0, 0.05) is 19.4 Å². The lowest BCUT2D eigenvalue weighted by molar-refractivity contribution is 0.467. The average Bonchev–Trinajstić information content (AvgIpc) is 2.69. The van der Waals surface area contributed by atoms with Crippen molar-refractivity contribution in [3.05, 3.63) is 35.4 Å². The summed E-state index contributed by atoms with van der Waals surface area (Å²) >= 11 is 5.75. The Hall–Kier alpha value is -1.47. The number of rotatable bonds is 3. The second-order valence-corrected chi connectivity index (χ2v) is 5.79. The second-order valence-electron chi connectivity index (χ2n) is 3.54. The summed E-state index contributed by atoms with van der Waals surface area (Å²) in [7, 11) is -2.36. The van der Waals surface area contributed by atoms with E-state index in [0.717, 1.165) is 0 Å². The molecule has 18 heavy (non-hydrogen) atoms. The molecular formula is C10H9ClFN3O2S. The molecule has 0 fully saturated rings. The molecule has 0 radical (unpaired) electrons. The normalized spacial score (nSPS) is 11.7. The van der Waals surface area contributed by atoms with E-state index in [1.807, 2.05) is 0 Å². The van der Waals surface area contributed by atoms with Gasteiger partial charge in [0.25, 0.3) is 0 Å². The first-order chi connectivity index (χ1) is 8.46. The predicted molar refractivity (Wildman–Crippen MR) is 62.7 cm³/mol. The van der Waals surface area contributed by atoms with Crippen molar-refractivity contribution in [3.8, 4) is 0 Å². The van der Waals surface area contributed by atoms with Crippen molar-refractivity contribution in [3.63, 3.8) is 0 Å². The first kappa shape index (κ1) is 13.0. The maximum absolute atomic E-state index is 12.8. The minimum atomic E-state index is -3.91. The van der Waals surface area contributed by atoms with Gasteiger partial charge in [-0.1, -0.05) is 11.6 Å². The van der Waals surface area contributed by atoms with E-state index in [9.17, 15) is 12.8 Å². The minimum Gasteiger partial charge on any atom is -0.273 e. The van der Waals surface area contributed by atoms with Gasteiger partial charge in [-0.2, -0.15) is 5.10 Å². The quantitative estimate of drug-likeness (QED) is 0.864. The molecule has 2 heterocycles. The molecule has 0 N–H and O–H groups in total. The third-order valence-electron chi connectivity index (χ3n) is 2.31. The van der Waals surface area contributed by atoms with Gasteiger partial charge in [0.2, 0.25) is 9.84 Å². The zero-order valence-corrected chi connectivity index (χ0v) is 10.9. The van der Waals surface area contributed by atoms with Crippen LogP contribution >= 0.6 is 11.6 Å². The molecule has 0 aliphatic carbocycles. The summed E-state index contributed by atoms with van der Waals surface area (Å²) in [5, 5.41) is 3.60. The molecule has 0 aromatic carbocycles. The first-order valence-electron chi connectivity index (χ1n) is 4.91. The van der Waals surface area contributed by atoms with Gasteiger partial charge >= 0.3 is 0 Å². The molecule has 0 unspecified atom stereocenters. The number of sulfone groups is 1. The average molecular weight is 290 g/mol. The molecule has 0 atom stereocenters. The Kier molecular flexibility index (Phi) is 3.36. The molecule has 0 saturated carbocycles. The number of aromatic nitrogens is 3. The third-order valence-corrected chi connectivity index (χ3v) is 4.53. The second kappa shape index (κ2) is 4.66. The van der Waals surface area contributed by atoms with Gasteiger partial charge in [0.1, 0.15) is 11.6 Å². The number of halogens is 2. The largest absolute Gasteiger partial charge is 0.273 e. The molecule has 2 aromatic heterocycles. The summed E-state index contributed by atoms with van der Waals surface area (Å²) in [5.41, 5.74) is -0.141. The first-order valence-corrected chi connectivity index (χ1v) is 6.77. The Bertz CT molecular complexity index is 684. The summed E-state index contributed by atoms with van der Waals surface area (Å²) < 4.78 is 38.6. The lowest BCUT2D eigenvalue weighted by Crippen LogP contribution is -2.06. The van der Waals surface area contributed by atoms with E-state index in [0.29, 0.717) is 0 Å². The molecule has 0 saturated heterocycles. The number of hydrogen-bond acceptors (Lipinski definition) is 4. The van der Waals surface area contributed by atoms with E-state index in [4.69, 9.17) is 11.6 Å². The molecule has 0 aliphatic heterocycles. The summed E-state index contributed by atoms with van der Waals surface area (Å²) in [6.45, 7) is -0.965. The Labute approximate surface area is 108 Å². The zero-order chi connectivity index (χ0) is 13.3. The molecule has 0 aliphatic rings. The van der Waals surface area contributed by atoms with Crippen LogP contribution in [0.25, 0.3) is 0 Å². The highest BCUT2D eigenvalue weighted by Gasteiger charge is 2.26. The standard InChI is InChI=1S/C10H9ClFN3O2S/c1-15-6-9(10(11)14-15)18(16,17)8-3-2-4-13-7(8)5-12/h2-4,6H,5H2,1H3. The van der Waals surface area contributed by atoms with Crippen LogP contribution in [0.5, 0.6) is 0 Å². The monoisotopic (exact) mass is 289 g/mol. The maximum Gasteiger partial charge on any atom is 0.213 e. The molecular weight excluding hydrogens is 281 g/mol. The molecule has 0 amide bonds. The number of hydrogen-bond donors (Lipinski definition) is 0. The van der Waals surface area contributed by atoms with E-state index >= 15 is 0 Å². The van der Waals surface area contributed by atoms with Crippen molar-refractivity contribution in [1.82, 2.24) is 14.8 Å². The van der Waals surface area contributed by atoms with E-state index in [2.05, 4.69) is 10.1 Å². The zero-order valence-electron chi connectivity index (χ0n) is 9.34. The molecule has 0 spiro atoms. The van der Waals surface area contributed by atoms with E-state index in [1.165, 1.54) is 29.2 Å². The van der Waals surface area contributed by atoms with Gasteiger partial charge in [0.15, 0.2) is 5.15 Å². The van der Waals surface area contributed by atoms with Crippen molar-refractivity contribution in [1.29, 1.82) is 0 Å². The topological polar surface area (TPSA) is 64.8 Å². The summed E-state index contributed by atoms with van der Waals surface area (Å²) in [6.07, 6.45) is 2.60. The molecule has 0 bridgehead atoms. The predicted octanol–water partition coefficient (Wildman–Crippen LogP) is 1.77. The van der Waals surface area contributed by atoms with Crippen LogP contribution in [0.2, 0.25) is 5.15 Å². The van der Waals surface area contributed by atoms with Crippen LogP contribution in [0.1, 0.15) is 5.69 Å². The van der Waals surface area contributed by atoms with Crippen LogP contribution in [0.15, 0.2) is 34.3 Å². The molecule has 2 rings (SSSR count). The smallest absolute Gasteiger partial charge is 0.213 e. The number of nitrogens with zero attached hydrogens (tertiary/aromatic N) is 3. The van der Waals surface area contributed by atoms with Crippen molar-refractivity contribution >= 4 is 21.4 Å². The lowest BCUT2D eigenvalue weighted by Gasteiger charge is -2.05. The van der Waals surface area contributed by atoms with Crippen LogP contribution in [0, 0.1) is 0 Å². The Morgan fingerprint density at radius 3 is 2.72 bits per heavy atom. The highest BCUT2D eigenvalue weighted by Crippen LogP contribution is 2.27. The minimum absolute atomic E-state index is 0.141. The Morgan fingerprint density at radius 2 is 2.17 bits per heavy atom. The third kappa shape index (κ3) is 2.11. The number of aryl methyl sites for hydroxylation is 1. The SMILES string of the molecule is Cn1cc(S(=O)(=O)c2cccnc2CF)c(Cl)n1. The van der Waals surface area contributed by atoms with E-state index in [-0.39, 0.29) is 20.6 Å². The van der Waals surface area contributed by atoms with Gasteiger partial charge in [0.05, 0.1) is 10.6 Å². The van der Waals surface area contributed by atoms with E-state index in [1.54, 1.807) is 7.05 Å². The molecule has 8 heteroatoms. The van der Waals surface area contributed by atoms with Gasteiger partial charge in [-0.3, -0.25) is 9.67 Å². The van der Waals surface area contributed by atoms with Crippen molar-refractivity contribution in [2.75, 3.05) is 0 Å². The Morgan fingerprint density at radius 1 is 1.44 bits per heavy atom. The molecule has 2 aromatic rings. The summed E-state index contributed by atoms with van der Waals surface area (Å²) in [6, 6.07) is 2.72. The van der Waals surface area contributed by atoms with Crippen LogP contribution in [0.3, 0.4) is 0 Å².